The molecule has 2 heterocycles. The van der Waals surface area contributed by atoms with Gasteiger partial charge in [0.1, 0.15) is 0 Å². The Morgan fingerprint density at radius 2 is 2.17 bits per heavy atom. The normalized spacial score (nSPS) is 10.8. The molecule has 18 heavy (non-hydrogen) atoms. The molecule has 0 spiro atoms. The second-order valence-corrected chi connectivity index (χ2v) is 4.30. The van der Waals surface area contributed by atoms with E-state index in [-0.39, 0.29) is 0 Å². The first-order chi connectivity index (χ1) is 8.85. The summed E-state index contributed by atoms with van der Waals surface area (Å²) in [5, 5.41) is 7.66. The highest BCUT2D eigenvalue weighted by atomic mass is 15.3. The summed E-state index contributed by atoms with van der Waals surface area (Å²) in [5.74, 6) is 0. The Labute approximate surface area is 108 Å². The topological polar surface area (TPSA) is 42.7 Å². The van der Waals surface area contributed by atoms with Crippen molar-refractivity contribution in [3.63, 3.8) is 0 Å². The molecule has 0 saturated carbocycles. The Hall–Kier alpha value is -1.68. The number of aryl methyl sites for hydroxylation is 1. The van der Waals surface area contributed by atoms with Crippen LogP contribution in [0.5, 0.6) is 0 Å². The maximum absolute atomic E-state index is 4.35. The highest BCUT2D eigenvalue weighted by Crippen LogP contribution is 2.19. The van der Waals surface area contributed by atoms with Crippen molar-refractivity contribution in [3.8, 4) is 11.3 Å². The van der Waals surface area contributed by atoms with Gasteiger partial charge in [-0.05, 0) is 30.7 Å². The highest BCUT2D eigenvalue weighted by Gasteiger charge is 2.05. The monoisotopic (exact) mass is 244 g/mol. The zero-order chi connectivity index (χ0) is 12.8. The van der Waals surface area contributed by atoms with Crippen LogP contribution in [0, 0.1) is 0 Å². The molecule has 96 valence electrons. The van der Waals surface area contributed by atoms with Crippen LogP contribution in [0.1, 0.15) is 25.8 Å². The van der Waals surface area contributed by atoms with Crippen LogP contribution in [0.2, 0.25) is 0 Å². The van der Waals surface area contributed by atoms with E-state index in [1.165, 1.54) is 5.56 Å². The van der Waals surface area contributed by atoms with Crippen molar-refractivity contribution in [1.29, 1.82) is 0 Å². The molecule has 2 aromatic rings. The fourth-order valence-corrected chi connectivity index (χ4v) is 1.96. The molecule has 0 aliphatic heterocycles. The van der Waals surface area contributed by atoms with E-state index in [2.05, 4.69) is 35.3 Å². The number of hydrogen-bond donors (Lipinski definition) is 1. The van der Waals surface area contributed by atoms with Gasteiger partial charge in [0.05, 0.1) is 5.69 Å². The summed E-state index contributed by atoms with van der Waals surface area (Å²) >= 11 is 0. The lowest BCUT2D eigenvalue weighted by Crippen LogP contribution is -2.12. The van der Waals surface area contributed by atoms with Gasteiger partial charge in [-0.25, -0.2) is 0 Å². The molecule has 0 aromatic carbocycles. The van der Waals surface area contributed by atoms with E-state index in [1.54, 1.807) is 0 Å². The average molecular weight is 244 g/mol. The zero-order valence-electron chi connectivity index (χ0n) is 11.1. The van der Waals surface area contributed by atoms with Gasteiger partial charge in [0, 0.05) is 37.2 Å². The fraction of sp³-hybridized carbons (Fsp3) is 0.429. The summed E-state index contributed by atoms with van der Waals surface area (Å²) in [5.41, 5.74) is 3.48. The van der Waals surface area contributed by atoms with Crippen LogP contribution in [-0.2, 0) is 13.1 Å². The van der Waals surface area contributed by atoms with E-state index >= 15 is 0 Å². The average Bonchev–Trinajstić information content (AvgIpc) is 2.85. The molecule has 4 heteroatoms. The lowest BCUT2D eigenvalue weighted by molar-refractivity contribution is 0.609. The van der Waals surface area contributed by atoms with E-state index < -0.39 is 0 Å². The predicted octanol–water partition coefficient (Wildman–Crippen LogP) is 2.46. The van der Waals surface area contributed by atoms with Crippen LogP contribution < -0.4 is 5.32 Å². The SMILES string of the molecule is CCCn1nccc1-c1cncc(CNCC)c1. The van der Waals surface area contributed by atoms with E-state index in [0.717, 1.165) is 37.3 Å². The van der Waals surface area contributed by atoms with Gasteiger partial charge in [-0.1, -0.05) is 13.8 Å². The highest BCUT2D eigenvalue weighted by molar-refractivity contribution is 5.58. The summed E-state index contributed by atoms with van der Waals surface area (Å²) < 4.78 is 2.04. The Balaban J connectivity index is 2.24. The number of nitrogens with zero attached hydrogens (tertiary/aromatic N) is 3. The summed E-state index contributed by atoms with van der Waals surface area (Å²) in [7, 11) is 0. The first-order valence-corrected chi connectivity index (χ1v) is 6.52. The largest absolute Gasteiger partial charge is 0.313 e. The molecule has 0 amide bonds. The van der Waals surface area contributed by atoms with Crippen LogP contribution >= 0.6 is 0 Å². The third-order valence-electron chi connectivity index (χ3n) is 2.82. The smallest absolute Gasteiger partial charge is 0.0697 e. The van der Waals surface area contributed by atoms with Gasteiger partial charge >= 0.3 is 0 Å². The van der Waals surface area contributed by atoms with Crippen LogP contribution in [0.4, 0.5) is 0 Å². The van der Waals surface area contributed by atoms with Gasteiger partial charge in [0.25, 0.3) is 0 Å². The molecule has 0 atom stereocenters. The second-order valence-electron chi connectivity index (χ2n) is 4.30. The molecule has 4 nitrogen and oxygen atoms in total. The van der Waals surface area contributed by atoms with Crippen molar-refractivity contribution in [2.75, 3.05) is 6.54 Å². The summed E-state index contributed by atoms with van der Waals surface area (Å²) in [6.07, 6.45) is 6.74. The molecule has 0 unspecified atom stereocenters. The number of rotatable bonds is 6. The molecule has 0 saturated heterocycles. The molecule has 0 aliphatic carbocycles. The molecule has 0 fully saturated rings. The predicted molar refractivity (Wildman–Crippen MR) is 73.1 cm³/mol. The molecule has 0 aliphatic rings. The molecule has 0 radical (unpaired) electrons. The molecule has 2 rings (SSSR count). The van der Waals surface area contributed by atoms with Crippen LogP contribution in [0.25, 0.3) is 11.3 Å². The Bertz CT molecular complexity index is 490. The number of nitrogens with one attached hydrogen (secondary N) is 1. The van der Waals surface area contributed by atoms with Gasteiger partial charge in [-0.3, -0.25) is 9.67 Å². The van der Waals surface area contributed by atoms with Gasteiger partial charge in [-0.15, -0.1) is 0 Å². The molecule has 1 N–H and O–H groups in total. The minimum absolute atomic E-state index is 0.860. The van der Waals surface area contributed by atoms with E-state index in [0.29, 0.717) is 0 Å². The van der Waals surface area contributed by atoms with Crippen LogP contribution in [0.15, 0.2) is 30.7 Å². The van der Waals surface area contributed by atoms with Crippen molar-refractivity contribution in [2.24, 2.45) is 0 Å². The van der Waals surface area contributed by atoms with Crippen molar-refractivity contribution in [2.45, 2.75) is 33.4 Å². The van der Waals surface area contributed by atoms with Crippen LogP contribution in [-0.4, -0.2) is 21.3 Å². The second kappa shape index (κ2) is 6.31. The van der Waals surface area contributed by atoms with Crippen molar-refractivity contribution >= 4 is 0 Å². The molecule has 0 bridgehead atoms. The minimum Gasteiger partial charge on any atom is -0.313 e. The van der Waals surface area contributed by atoms with Gasteiger partial charge in [-0.2, -0.15) is 5.10 Å². The van der Waals surface area contributed by atoms with Gasteiger partial charge in [0.2, 0.25) is 0 Å². The van der Waals surface area contributed by atoms with Gasteiger partial charge in [0.15, 0.2) is 0 Å². The first-order valence-electron chi connectivity index (χ1n) is 6.52. The Morgan fingerprint density at radius 3 is 2.94 bits per heavy atom. The van der Waals surface area contributed by atoms with E-state index in [4.69, 9.17) is 0 Å². The number of hydrogen-bond acceptors (Lipinski definition) is 3. The van der Waals surface area contributed by atoms with Crippen molar-refractivity contribution in [3.05, 3.63) is 36.3 Å². The third-order valence-corrected chi connectivity index (χ3v) is 2.82. The lowest BCUT2D eigenvalue weighted by Gasteiger charge is -2.08. The van der Waals surface area contributed by atoms with Gasteiger partial charge < -0.3 is 5.32 Å². The van der Waals surface area contributed by atoms with E-state index in [9.17, 15) is 0 Å². The maximum Gasteiger partial charge on any atom is 0.0697 e. The maximum atomic E-state index is 4.35. The zero-order valence-corrected chi connectivity index (χ0v) is 11.1. The lowest BCUT2D eigenvalue weighted by atomic mass is 10.1. The Morgan fingerprint density at radius 1 is 1.28 bits per heavy atom. The number of pyridine rings is 1. The first kappa shape index (κ1) is 12.8. The van der Waals surface area contributed by atoms with Crippen molar-refractivity contribution in [1.82, 2.24) is 20.1 Å². The van der Waals surface area contributed by atoms with Crippen molar-refractivity contribution < 1.29 is 0 Å². The van der Waals surface area contributed by atoms with E-state index in [1.807, 2.05) is 29.3 Å². The summed E-state index contributed by atoms with van der Waals surface area (Å²) in [6.45, 7) is 7.04. The molecular weight excluding hydrogens is 224 g/mol. The number of aromatic nitrogens is 3. The summed E-state index contributed by atoms with van der Waals surface area (Å²) in [6, 6.07) is 4.22. The quantitative estimate of drug-likeness (QED) is 0.848. The fourth-order valence-electron chi connectivity index (χ4n) is 1.96. The molecule has 2 aromatic heterocycles. The van der Waals surface area contributed by atoms with Crippen LogP contribution in [0.3, 0.4) is 0 Å². The Kier molecular flexibility index (Phi) is 4.47. The summed E-state index contributed by atoms with van der Waals surface area (Å²) in [4.78, 5) is 4.31. The third kappa shape index (κ3) is 2.96. The molecular formula is C14H20N4. The standard InChI is InChI=1S/C14H20N4/c1-3-7-18-14(5-6-17-18)13-8-12(9-15-4-2)10-16-11-13/h5-6,8,10-11,15H,3-4,7,9H2,1-2H3. The minimum atomic E-state index is 0.860.